The lowest BCUT2D eigenvalue weighted by Crippen LogP contribution is -2.72. The Kier molecular flexibility index (Phi) is 5.58. The minimum atomic E-state index is -1.21. The molecule has 0 aromatic heterocycles. The minimum Gasteiger partial charge on any atom is -0.497 e. The number of hydrogen-bond acceptors (Lipinski definition) is 4. The van der Waals surface area contributed by atoms with E-state index in [9.17, 15) is 9.18 Å². The van der Waals surface area contributed by atoms with Gasteiger partial charge in [0.25, 0.3) is 0 Å². The monoisotopic (exact) mass is 497 g/mol. The molecule has 2 aliphatic heterocycles. The zero-order valence-corrected chi connectivity index (χ0v) is 19.9. The summed E-state index contributed by atoms with van der Waals surface area (Å²) in [6.45, 7) is 1.82. The number of nitrogens with zero attached hydrogens (tertiary/aromatic N) is 1. The molecular formula is C25H21ClFN3O3S. The maximum atomic E-state index is 13.7. The number of anilines is 2. The lowest BCUT2D eigenvalue weighted by Gasteiger charge is -2.56. The first kappa shape index (κ1) is 22.4. The third-order valence-electron chi connectivity index (χ3n) is 6.18. The average molecular weight is 498 g/mol. The molecule has 1 fully saturated rings. The van der Waals surface area contributed by atoms with E-state index in [2.05, 4.69) is 10.6 Å². The number of ether oxygens (including phenoxy) is 2. The van der Waals surface area contributed by atoms with E-state index < -0.39 is 17.7 Å². The molecule has 3 aromatic rings. The van der Waals surface area contributed by atoms with Gasteiger partial charge in [-0.1, -0.05) is 11.6 Å². The maximum absolute atomic E-state index is 13.7. The van der Waals surface area contributed by atoms with Gasteiger partial charge in [-0.25, -0.2) is 4.39 Å². The number of hydrogen-bond donors (Lipinski definition) is 2. The summed E-state index contributed by atoms with van der Waals surface area (Å²) >= 11 is 11.7. The van der Waals surface area contributed by atoms with Crippen LogP contribution in [0.4, 0.5) is 15.8 Å². The van der Waals surface area contributed by atoms with E-state index in [4.69, 9.17) is 33.3 Å². The van der Waals surface area contributed by atoms with Crippen LogP contribution < -0.4 is 25.0 Å². The number of rotatable bonds is 4. The Morgan fingerprint density at radius 3 is 2.56 bits per heavy atom. The highest BCUT2D eigenvalue weighted by Gasteiger charge is 2.59. The Morgan fingerprint density at radius 1 is 1.18 bits per heavy atom. The van der Waals surface area contributed by atoms with E-state index in [-0.39, 0.29) is 11.7 Å². The summed E-state index contributed by atoms with van der Waals surface area (Å²) in [6, 6.07) is 17.7. The smallest absolute Gasteiger partial charge is 0.236 e. The summed E-state index contributed by atoms with van der Waals surface area (Å²) in [4.78, 5) is 15.5. The van der Waals surface area contributed by atoms with Crippen molar-refractivity contribution in [2.45, 2.75) is 18.7 Å². The summed E-state index contributed by atoms with van der Waals surface area (Å²) < 4.78 is 25.6. The van der Waals surface area contributed by atoms with Crippen LogP contribution in [0.5, 0.6) is 11.5 Å². The number of nitrogens with one attached hydrogen (secondary N) is 2. The van der Waals surface area contributed by atoms with Crippen LogP contribution in [0.3, 0.4) is 0 Å². The SMILES string of the molecule is COc1ccc2c(c1)[C@@H]1NC(=S)N(c3ccc(F)cc3)[C@](C)(O2)[C@@H]1C(=O)Nc1ccc(Cl)cc1. The number of carbonyl (C=O) groups excluding carboxylic acids is 1. The molecule has 3 atom stereocenters. The van der Waals surface area contributed by atoms with Gasteiger partial charge in [0, 0.05) is 22.0 Å². The number of benzene rings is 3. The molecule has 0 radical (unpaired) electrons. The van der Waals surface area contributed by atoms with E-state index in [0.29, 0.717) is 33.0 Å². The third kappa shape index (κ3) is 3.73. The Balaban J connectivity index is 1.62. The summed E-state index contributed by atoms with van der Waals surface area (Å²) in [6.07, 6.45) is 0. The Labute approximate surface area is 206 Å². The van der Waals surface area contributed by atoms with E-state index in [1.807, 2.05) is 19.1 Å². The lowest BCUT2D eigenvalue weighted by atomic mass is 9.78. The third-order valence-corrected chi connectivity index (χ3v) is 6.74. The van der Waals surface area contributed by atoms with Crippen molar-refractivity contribution in [3.63, 3.8) is 0 Å². The van der Waals surface area contributed by atoms with Crippen molar-refractivity contribution in [1.82, 2.24) is 5.32 Å². The number of methoxy groups -OCH3 is 1. The van der Waals surface area contributed by atoms with E-state index in [1.165, 1.54) is 12.1 Å². The van der Waals surface area contributed by atoms with Crippen LogP contribution in [-0.2, 0) is 4.79 Å². The van der Waals surface area contributed by atoms with Crippen LogP contribution >= 0.6 is 23.8 Å². The van der Waals surface area contributed by atoms with Gasteiger partial charge in [0.15, 0.2) is 10.8 Å². The number of carbonyl (C=O) groups is 1. The van der Waals surface area contributed by atoms with Crippen molar-refractivity contribution in [3.8, 4) is 11.5 Å². The second kappa shape index (κ2) is 8.45. The van der Waals surface area contributed by atoms with Gasteiger partial charge in [-0.15, -0.1) is 0 Å². The second-order valence-corrected chi connectivity index (χ2v) is 9.10. The fraction of sp³-hybridized carbons (Fsp3) is 0.200. The quantitative estimate of drug-likeness (QED) is 0.478. The van der Waals surface area contributed by atoms with Crippen molar-refractivity contribution in [1.29, 1.82) is 0 Å². The highest BCUT2D eigenvalue weighted by atomic mass is 35.5. The predicted molar refractivity (Wildman–Crippen MR) is 133 cm³/mol. The van der Waals surface area contributed by atoms with Gasteiger partial charge in [0.1, 0.15) is 23.2 Å². The number of fused-ring (bicyclic) bond motifs is 4. The molecule has 2 aliphatic rings. The van der Waals surface area contributed by atoms with Gasteiger partial charge in [-0.2, -0.15) is 0 Å². The van der Waals surface area contributed by atoms with Gasteiger partial charge in [0.05, 0.1) is 13.2 Å². The molecule has 174 valence electrons. The van der Waals surface area contributed by atoms with Crippen LogP contribution in [0.25, 0.3) is 0 Å². The van der Waals surface area contributed by atoms with Gasteiger partial charge >= 0.3 is 0 Å². The van der Waals surface area contributed by atoms with Crippen LogP contribution in [-0.4, -0.2) is 23.9 Å². The van der Waals surface area contributed by atoms with Crippen LogP contribution in [0, 0.1) is 11.7 Å². The molecule has 0 unspecified atom stereocenters. The molecular weight excluding hydrogens is 477 g/mol. The molecule has 2 N–H and O–H groups in total. The molecule has 0 spiro atoms. The number of halogens is 2. The van der Waals surface area contributed by atoms with E-state index in [0.717, 1.165) is 5.56 Å². The van der Waals surface area contributed by atoms with Crippen molar-refractivity contribution >= 4 is 46.2 Å². The van der Waals surface area contributed by atoms with Gasteiger partial charge in [0.2, 0.25) is 5.91 Å². The largest absolute Gasteiger partial charge is 0.497 e. The zero-order valence-electron chi connectivity index (χ0n) is 18.3. The maximum Gasteiger partial charge on any atom is 0.236 e. The Hall–Kier alpha value is -3.36. The van der Waals surface area contributed by atoms with Gasteiger partial charge in [-0.05, 0) is 85.9 Å². The molecule has 6 nitrogen and oxygen atoms in total. The minimum absolute atomic E-state index is 0.273. The highest BCUT2D eigenvalue weighted by molar-refractivity contribution is 7.80. The predicted octanol–water partition coefficient (Wildman–Crippen LogP) is 5.29. The molecule has 1 amide bonds. The average Bonchev–Trinajstić information content (AvgIpc) is 2.81. The highest BCUT2D eigenvalue weighted by Crippen LogP contribution is 2.50. The van der Waals surface area contributed by atoms with Crippen LogP contribution in [0.15, 0.2) is 66.7 Å². The number of thiocarbonyl (C=S) groups is 1. The molecule has 2 heterocycles. The van der Waals surface area contributed by atoms with Crippen LogP contribution in [0.1, 0.15) is 18.5 Å². The normalized spacial score (nSPS) is 22.8. The second-order valence-electron chi connectivity index (χ2n) is 8.27. The van der Waals surface area contributed by atoms with Crippen molar-refractivity contribution in [3.05, 3.63) is 83.1 Å². The summed E-state index contributed by atoms with van der Waals surface area (Å²) in [5.41, 5.74) is 0.752. The first-order valence-corrected chi connectivity index (χ1v) is 11.4. The van der Waals surface area contributed by atoms with Crippen LogP contribution in [0.2, 0.25) is 5.02 Å². The standard InChI is InChI=1S/C25H21ClFN3O3S/c1-25-21(23(31)28-16-7-3-14(26)4-8-16)22(19-13-18(32-2)11-12-20(19)33-25)29-24(34)30(25)17-9-5-15(27)6-10-17/h3-13,21-22H,1-2H3,(H,28,31)(H,29,34)/t21-,22-,25+/m0/s1. The first-order chi connectivity index (χ1) is 16.3. The Morgan fingerprint density at radius 2 is 1.88 bits per heavy atom. The fourth-order valence-electron chi connectivity index (χ4n) is 4.62. The fourth-order valence-corrected chi connectivity index (χ4v) is 5.16. The summed E-state index contributed by atoms with van der Waals surface area (Å²) in [5.74, 6) is -0.144. The molecule has 3 aromatic carbocycles. The van der Waals surface area contributed by atoms with Gasteiger partial charge < -0.3 is 20.1 Å². The van der Waals surface area contributed by atoms with E-state index in [1.54, 1.807) is 54.5 Å². The zero-order chi connectivity index (χ0) is 24.0. The molecule has 5 rings (SSSR count). The lowest BCUT2D eigenvalue weighted by molar-refractivity contribution is -0.130. The van der Waals surface area contributed by atoms with E-state index >= 15 is 0 Å². The molecule has 34 heavy (non-hydrogen) atoms. The summed E-state index contributed by atoms with van der Waals surface area (Å²) in [5, 5.41) is 7.22. The molecule has 1 saturated heterocycles. The first-order valence-electron chi connectivity index (χ1n) is 10.6. The molecule has 2 bridgehead atoms. The Bertz CT molecular complexity index is 1270. The molecule has 0 aliphatic carbocycles. The molecule has 9 heteroatoms. The topological polar surface area (TPSA) is 62.8 Å². The van der Waals surface area contributed by atoms with Crippen molar-refractivity contribution in [2.24, 2.45) is 5.92 Å². The number of amides is 1. The van der Waals surface area contributed by atoms with Crippen molar-refractivity contribution in [2.75, 3.05) is 17.3 Å². The van der Waals surface area contributed by atoms with Crippen molar-refractivity contribution < 1.29 is 18.7 Å². The summed E-state index contributed by atoms with van der Waals surface area (Å²) in [7, 11) is 1.58. The molecule has 0 saturated carbocycles. The van der Waals surface area contributed by atoms with Gasteiger partial charge in [-0.3, -0.25) is 9.69 Å².